The van der Waals surface area contributed by atoms with Gasteiger partial charge in [0.2, 0.25) is 0 Å². The molecule has 0 spiro atoms. The first-order chi connectivity index (χ1) is 8.96. The molecule has 0 atom stereocenters. The van der Waals surface area contributed by atoms with Gasteiger partial charge in [0.1, 0.15) is 0 Å². The van der Waals surface area contributed by atoms with E-state index in [1.807, 2.05) is 18.2 Å². The van der Waals surface area contributed by atoms with Crippen LogP contribution >= 0.6 is 0 Å². The van der Waals surface area contributed by atoms with Crippen LogP contribution in [0.1, 0.15) is 32.8 Å². The second-order valence-corrected chi connectivity index (χ2v) is 5.48. The molecule has 1 aromatic rings. The Morgan fingerprint density at radius 2 is 1.95 bits per heavy atom. The molecule has 108 valence electrons. The van der Waals surface area contributed by atoms with Crippen LogP contribution in [-0.2, 0) is 6.54 Å². The Labute approximate surface area is 115 Å². The molecular formula is C15H24FNO2. The number of halogens is 1. The summed E-state index contributed by atoms with van der Waals surface area (Å²) in [6.07, 6.45) is 0.396. The topological polar surface area (TPSA) is 30.5 Å². The van der Waals surface area contributed by atoms with Crippen LogP contribution in [0.4, 0.5) is 4.39 Å². The quantitative estimate of drug-likeness (QED) is 0.770. The summed E-state index contributed by atoms with van der Waals surface area (Å²) >= 11 is 0. The van der Waals surface area contributed by atoms with E-state index in [1.54, 1.807) is 7.11 Å². The molecule has 0 radical (unpaired) electrons. The highest BCUT2D eigenvalue weighted by Crippen LogP contribution is 2.28. The first kappa shape index (κ1) is 15.8. The zero-order valence-corrected chi connectivity index (χ0v) is 12.3. The van der Waals surface area contributed by atoms with E-state index in [-0.39, 0.29) is 12.2 Å². The number of nitrogens with one attached hydrogen (secondary N) is 1. The summed E-state index contributed by atoms with van der Waals surface area (Å²) in [5.74, 6) is 1.35. The van der Waals surface area contributed by atoms with Crippen molar-refractivity contribution in [2.45, 2.75) is 39.3 Å². The molecule has 0 saturated heterocycles. The molecule has 1 rings (SSSR count). The average molecular weight is 269 g/mol. The maximum Gasteiger partial charge on any atom is 0.161 e. The molecule has 3 nitrogen and oxygen atoms in total. The van der Waals surface area contributed by atoms with E-state index in [1.165, 1.54) is 0 Å². The summed E-state index contributed by atoms with van der Waals surface area (Å²) in [7, 11) is 1.60. The fourth-order valence-corrected chi connectivity index (χ4v) is 1.55. The van der Waals surface area contributed by atoms with E-state index in [0.717, 1.165) is 12.1 Å². The Morgan fingerprint density at radius 3 is 2.53 bits per heavy atom. The van der Waals surface area contributed by atoms with Gasteiger partial charge in [-0.1, -0.05) is 6.07 Å². The van der Waals surface area contributed by atoms with E-state index >= 15 is 0 Å². The summed E-state index contributed by atoms with van der Waals surface area (Å²) < 4.78 is 22.9. The molecule has 0 fully saturated rings. The van der Waals surface area contributed by atoms with Crippen molar-refractivity contribution in [1.29, 1.82) is 0 Å². The Morgan fingerprint density at radius 1 is 1.21 bits per heavy atom. The van der Waals surface area contributed by atoms with Crippen molar-refractivity contribution in [3.05, 3.63) is 23.8 Å². The second-order valence-electron chi connectivity index (χ2n) is 5.48. The monoisotopic (exact) mass is 269 g/mol. The largest absolute Gasteiger partial charge is 0.493 e. The van der Waals surface area contributed by atoms with Gasteiger partial charge in [-0.2, -0.15) is 0 Å². The summed E-state index contributed by atoms with van der Waals surface area (Å²) in [6.45, 7) is 7.11. The van der Waals surface area contributed by atoms with Gasteiger partial charge in [0, 0.05) is 18.5 Å². The highest BCUT2D eigenvalue weighted by Gasteiger charge is 2.10. The van der Waals surface area contributed by atoms with E-state index < -0.39 is 0 Å². The first-order valence-corrected chi connectivity index (χ1v) is 6.57. The third-order valence-corrected chi connectivity index (χ3v) is 2.59. The minimum Gasteiger partial charge on any atom is -0.493 e. The third kappa shape index (κ3) is 5.92. The predicted octanol–water partition coefficient (Wildman–Crippen LogP) is 3.32. The lowest BCUT2D eigenvalue weighted by atomic mass is 10.1. The molecule has 1 aromatic carbocycles. The second kappa shape index (κ2) is 7.34. The molecule has 0 aliphatic heterocycles. The Kier molecular flexibility index (Phi) is 6.09. The Hall–Kier alpha value is -1.29. The van der Waals surface area contributed by atoms with Crippen LogP contribution in [0.2, 0.25) is 0 Å². The van der Waals surface area contributed by atoms with Gasteiger partial charge in [0.25, 0.3) is 0 Å². The van der Waals surface area contributed by atoms with Gasteiger partial charge in [0.05, 0.1) is 20.4 Å². The van der Waals surface area contributed by atoms with Gasteiger partial charge in [0.15, 0.2) is 11.5 Å². The molecule has 1 N–H and O–H groups in total. The lowest BCUT2D eigenvalue weighted by Gasteiger charge is -2.21. The van der Waals surface area contributed by atoms with Crippen LogP contribution in [0, 0.1) is 0 Å². The van der Waals surface area contributed by atoms with E-state index in [9.17, 15) is 4.39 Å². The van der Waals surface area contributed by atoms with E-state index in [2.05, 4.69) is 26.1 Å². The van der Waals surface area contributed by atoms with Crippen molar-refractivity contribution in [3.63, 3.8) is 0 Å². The number of ether oxygens (including phenoxy) is 2. The van der Waals surface area contributed by atoms with Gasteiger partial charge in [-0.3, -0.25) is 4.39 Å². The molecule has 19 heavy (non-hydrogen) atoms. The van der Waals surface area contributed by atoms with Crippen LogP contribution in [0.15, 0.2) is 18.2 Å². The average Bonchev–Trinajstić information content (AvgIpc) is 2.36. The van der Waals surface area contributed by atoms with Crippen molar-refractivity contribution in [2.75, 3.05) is 20.4 Å². The Balaban J connectivity index is 2.71. The molecule has 0 aromatic heterocycles. The molecule has 0 bridgehead atoms. The van der Waals surface area contributed by atoms with Gasteiger partial charge in [-0.05, 0) is 38.5 Å². The molecule has 0 amide bonds. The van der Waals surface area contributed by atoms with Crippen molar-refractivity contribution in [2.24, 2.45) is 0 Å². The fourth-order valence-electron chi connectivity index (χ4n) is 1.55. The smallest absolute Gasteiger partial charge is 0.161 e. The fraction of sp³-hybridized carbons (Fsp3) is 0.600. The zero-order valence-electron chi connectivity index (χ0n) is 12.3. The Bertz CT molecular complexity index is 388. The molecule has 0 unspecified atom stereocenters. The van der Waals surface area contributed by atoms with E-state index in [4.69, 9.17) is 9.47 Å². The summed E-state index contributed by atoms with van der Waals surface area (Å²) in [6, 6.07) is 5.82. The van der Waals surface area contributed by atoms with Crippen molar-refractivity contribution in [3.8, 4) is 11.5 Å². The molecule has 0 aliphatic rings. The van der Waals surface area contributed by atoms with Gasteiger partial charge < -0.3 is 14.8 Å². The zero-order chi connectivity index (χ0) is 14.3. The molecule has 0 aliphatic carbocycles. The highest BCUT2D eigenvalue weighted by atomic mass is 19.1. The standard InChI is InChI=1S/C15H24FNO2/c1-15(2,3)17-11-12-6-7-13(18-4)14(10-12)19-9-5-8-16/h6-7,10,17H,5,8-9,11H2,1-4H3. The number of hydrogen-bond acceptors (Lipinski definition) is 3. The number of alkyl halides is 1. The lowest BCUT2D eigenvalue weighted by molar-refractivity contribution is 0.273. The number of hydrogen-bond donors (Lipinski definition) is 1. The number of benzene rings is 1. The molecule has 0 saturated carbocycles. The van der Waals surface area contributed by atoms with Crippen LogP contribution in [0.3, 0.4) is 0 Å². The first-order valence-electron chi connectivity index (χ1n) is 6.57. The van der Waals surface area contributed by atoms with Crippen LogP contribution in [0.25, 0.3) is 0 Å². The van der Waals surface area contributed by atoms with Crippen LogP contribution in [-0.4, -0.2) is 25.9 Å². The highest BCUT2D eigenvalue weighted by molar-refractivity contribution is 5.43. The van der Waals surface area contributed by atoms with Gasteiger partial charge >= 0.3 is 0 Å². The van der Waals surface area contributed by atoms with E-state index in [0.29, 0.717) is 24.5 Å². The maximum absolute atomic E-state index is 12.1. The molecule has 4 heteroatoms. The predicted molar refractivity (Wildman–Crippen MR) is 75.7 cm³/mol. The molecular weight excluding hydrogens is 245 g/mol. The normalized spacial score (nSPS) is 11.4. The number of rotatable bonds is 7. The van der Waals surface area contributed by atoms with Crippen molar-refractivity contribution in [1.82, 2.24) is 5.32 Å². The minimum absolute atomic E-state index is 0.0647. The van der Waals surface area contributed by atoms with Gasteiger partial charge in [-0.25, -0.2) is 0 Å². The maximum atomic E-state index is 12.1. The van der Waals surface area contributed by atoms with Crippen LogP contribution < -0.4 is 14.8 Å². The minimum atomic E-state index is -0.367. The van der Waals surface area contributed by atoms with Crippen molar-refractivity contribution < 1.29 is 13.9 Å². The summed E-state index contributed by atoms with van der Waals surface area (Å²) in [5.41, 5.74) is 1.18. The van der Waals surface area contributed by atoms with Crippen LogP contribution in [0.5, 0.6) is 11.5 Å². The summed E-state index contributed by atoms with van der Waals surface area (Å²) in [4.78, 5) is 0. The van der Waals surface area contributed by atoms with Crippen molar-refractivity contribution >= 4 is 0 Å². The SMILES string of the molecule is COc1ccc(CNC(C)(C)C)cc1OCCCF. The molecule has 0 heterocycles. The van der Waals surface area contributed by atoms with Gasteiger partial charge in [-0.15, -0.1) is 0 Å². The summed E-state index contributed by atoms with van der Waals surface area (Å²) in [5, 5.41) is 3.41. The lowest BCUT2D eigenvalue weighted by Crippen LogP contribution is -2.35. The third-order valence-electron chi connectivity index (χ3n) is 2.59. The number of methoxy groups -OCH3 is 1.